The van der Waals surface area contributed by atoms with Gasteiger partial charge in [0.05, 0.1) is 11.4 Å². The zero-order valence-electron chi connectivity index (χ0n) is 26.3. The van der Waals surface area contributed by atoms with Crippen molar-refractivity contribution in [3.63, 3.8) is 0 Å². The van der Waals surface area contributed by atoms with E-state index in [2.05, 4.69) is 158 Å². The predicted octanol–water partition coefficient (Wildman–Crippen LogP) is 9.69. The van der Waals surface area contributed by atoms with Gasteiger partial charge in [-0.25, -0.2) is 0 Å². The van der Waals surface area contributed by atoms with Crippen molar-refractivity contribution >= 4 is 79.3 Å². The Bertz CT molecular complexity index is 2320. The highest BCUT2D eigenvalue weighted by atomic mass is 28.3. The molecule has 3 aliphatic heterocycles. The van der Waals surface area contributed by atoms with E-state index in [-0.39, 0.29) is 0 Å². The third-order valence-electron chi connectivity index (χ3n) is 10.7. The van der Waals surface area contributed by atoms with Gasteiger partial charge in [0, 0.05) is 43.9 Å². The Morgan fingerprint density at radius 1 is 0.435 bits per heavy atom. The molecule has 220 valence electrons. The number of aryl methyl sites for hydroxylation is 3. The summed E-state index contributed by atoms with van der Waals surface area (Å²) in [6.45, 7) is 9.23. The van der Waals surface area contributed by atoms with E-state index in [1.807, 2.05) is 0 Å². The molecule has 0 unspecified atom stereocenters. The second-order valence-electron chi connectivity index (χ2n) is 13.3. The van der Waals surface area contributed by atoms with Crippen molar-refractivity contribution in [1.82, 2.24) is 0 Å². The molecule has 0 fully saturated rings. The molecule has 0 spiro atoms. The van der Waals surface area contributed by atoms with E-state index in [1.165, 1.54) is 87.9 Å². The monoisotopic (exact) mass is 608 g/mol. The number of hydrogen-bond donors (Lipinski definition) is 0. The summed E-state index contributed by atoms with van der Waals surface area (Å²) in [4.78, 5) is 5.07. The molecule has 3 aliphatic rings. The van der Waals surface area contributed by atoms with E-state index < -0.39 is 8.07 Å². The van der Waals surface area contributed by atoms with Crippen LogP contribution in [0, 0.1) is 20.8 Å². The van der Waals surface area contributed by atoms with Crippen molar-refractivity contribution in [3.05, 3.63) is 138 Å². The van der Waals surface area contributed by atoms with Gasteiger partial charge in [0.25, 0.3) is 0 Å². The van der Waals surface area contributed by atoms with Crippen molar-refractivity contribution in [3.8, 4) is 11.5 Å². The number of ether oxygens (including phenoxy) is 1. The molecule has 0 aliphatic carbocycles. The van der Waals surface area contributed by atoms with Crippen LogP contribution in [0.1, 0.15) is 16.7 Å². The van der Waals surface area contributed by atoms with Crippen LogP contribution in [0.2, 0.25) is 6.55 Å². The molecule has 7 aromatic carbocycles. The largest absolute Gasteiger partial charge is 0.457 e. The van der Waals surface area contributed by atoms with Crippen LogP contribution in [-0.2, 0) is 0 Å². The fourth-order valence-corrected chi connectivity index (χ4v) is 13.5. The Balaban J connectivity index is 1.38. The molecule has 0 bridgehead atoms. The second-order valence-corrected chi connectivity index (χ2v) is 17.0. The second kappa shape index (κ2) is 8.90. The summed E-state index contributed by atoms with van der Waals surface area (Å²) in [5.41, 5.74) is 11.3. The Morgan fingerprint density at radius 2 is 0.891 bits per heavy atom. The predicted molar refractivity (Wildman–Crippen MR) is 196 cm³/mol. The zero-order chi connectivity index (χ0) is 30.9. The van der Waals surface area contributed by atoms with Crippen LogP contribution in [0.5, 0.6) is 11.5 Å². The maximum Gasteiger partial charge on any atom is 0.165 e. The lowest BCUT2D eigenvalue weighted by atomic mass is 10.00. The smallest absolute Gasteiger partial charge is 0.165 e. The first kappa shape index (κ1) is 25.9. The molecule has 0 atom stereocenters. The zero-order valence-corrected chi connectivity index (χ0v) is 27.3. The van der Waals surface area contributed by atoms with E-state index in [0.717, 1.165) is 11.5 Å². The Kier molecular flexibility index (Phi) is 5.02. The van der Waals surface area contributed by atoms with E-state index in [4.69, 9.17) is 4.74 Å². The third-order valence-corrected chi connectivity index (χ3v) is 15.2. The van der Waals surface area contributed by atoms with Gasteiger partial charge < -0.3 is 14.5 Å². The highest BCUT2D eigenvalue weighted by molar-refractivity contribution is 7.15. The number of anilines is 6. The molecule has 0 aromatic heterocycles. The van der Waals surface area contributed by atoms with Crippen molar-refractivity contribution in [2.45, 2.75) is 27.3 Å². The van der Waals surface area contributed by atoms with Gasteiger partial charge in [0.15, 0.2) is 8.07 Å². The number of rotatable bonds is 2. The fraction of sp³-hybridized carbons (Fsp3) is 0.0952. The number of benzene rings is 7. The minimum Gasteiger partial charge on any atom is -0.457 e. The third kappa shape index (κ3) is 3.12. The molecule has 46 heavy (non-hydrogen) atoms. The standard InChI is InChI=1S/C42H32N2OSi/c1-25-23-36-40-37(24-25)44(33-22-20-27(3)29-12-6-8-14-31(29)33)35-16-10-18-39-42(35)46(40,4)41-34(15-9-17-38(41)45-39)43(36)32-21-19-26(2)28-11-5-7-13-30(28)32/h5-24H,1-4H3. The van der Waals surface area contributed by atoms with Gasteiger partial charge in [-0.15, -0.1) is 0 Å². The van der Waals surface area contributed by atoms with Gasteiger partial charge in [-0.3, -0.25) is 0 Å². The summed E-state index contributed by atoms with van der Waals surface area (Å²) in [6.07, 6.45) is 0. The van der Waals surface area contributed by atoms with Crippen molar-refractivity contribution in [2.24, 2.45) is 0 Å². The van der Waals surface area contributed by atoms with Crippen LogP contribution in [0.4, 0.5) is 34.1 Å². The summed E-state index contributed by atoms with van der Waals surface area (Å²) in [6, 6.07) is 45.0. The van der Waals surface area contributed by atoms with E-state index in [9.17, 15) is 0 Å². The first-order valence-corrected chi connectivity index (χ1v) is 18.6. The lowest BCUT2D eigenvalue weighted by Gasteiger charge is -2.52. The van der Waals surface area contributed by atoms with Crippen LogP contribution >= 0.6 is 0 Å². The van der Waals surface area contributed by atoms with E-state index in [0.29, 0.717) is 0 Å². The van der Waals surface area contributed by atoms with Crippen molar-refractivity contribution in [2.75, 3.05) is 9.80 Å². The topological polar surface area (TPSA) is 15.7 Å². The molecule has 0 N–H and O–H groups in total. The first-order chi connectivity index (χ1) is 22.4. The van der Waals surface area contributed by atoms with Gasteiger partial charge in [0.2, 0.25) is 0 Å². The van der Waals surface area contributed by atoms with Gasteiger partial charge in [-0.2, -0.15) is 0 Å². The maximum absolute atomic E-state index is 6.90. The van der Waals surface area contributed by atoms with Crippen molar-refractivity contribution in [1.29, 1.82) is 0 Å². The average Bonchev–Trinajstić information content (AvgIpc) is 3.06. The SMILES string of the molecule is Cc1cc2c3c(c1)N(c1ccc(C)c4ccccc14)c1cccc4c1[Si]3(C)c1c(cccc1N2c1ccc(C)c2ccccc12)O4. The molecular weight excluding hydrogens is 577 g/mol. The Labute approximate surface area is 269 Å². The molecule has 10 rings (SSSR count). The Morgan fingerprint density at radius 3 is 1.37 bits per heavy atom. The minimum atomic E-state index is -2.54. The highest BCUT2D eigenvalue weighted by Crippen LogP contribution is 2.52. The highest BCUT2D eigenvalue weighted by Gasteiger charge is 2.55. The quantitative estimate of drug-likeness (QED) is 0.182. The van der Waals surface area contributed by atoms with Gasteiger partial charge in [-0.1, -0.05) is 79.3 Å². The number of hydrogen-bond acceptors (Lipinski definition) is 3. The van der Waals surface area contributed by atoms with Crippen molar-refractivity contribution < 1.29 is 4.74 Å². The van der Waals surface area contributed by atoms with Crippen LogP contribution in [0.25, 0.3) is 21.5 Å². The number of fused-ring (bicyclic) bond motifs is 2. The lowest BCUT2D eigenvalue weighted by Crippen LogP contribution is -2.73. The summed E-state index contributed by atoms with van der Waals surface area (Å²) >= 11 is 0. The molecule has 0 amide bonds. The molecular formula is C42H32N2OSi. The summed E-state index contributed by atoms with van der Waals surface area (Å²) in [5, 5.41) is 9.28. The minimum absolute atomic E-state index is 0.990. The molecule has 3 heterocycles. The van der Waals surface area contributed by atoms with Gasteiger partial charge in [-0.05, 0) is 102 Å². The molecule has 0 radical (unpaired) electrons. The maximum atomic E-state index is 6.90. The van der Waals surface area contributed by atoms with Gasteiger partial charge in [0.1, 0.15) is 11.5 Å². The molecule has 0 saturated carbocycles. The fourth-order valence-electron chi connectivity index (χ4n) is 8.73. The summed E-state index contributed by atoms with van der Waals surface area (Å²) in [5.74, 6) is 1.98. The first-order valence-electron chi connectivity index (χ1n) is 16.1. The van der Waals surface area contributed by atoms with Gasteiger partial charge >= 0.3 is 0 Å². The Hall–Kier alpha value is -5.32. The molecule has 0 saturated heterocycles. The lowest BCUT2D eigenvalue weighted by molar-refractivity contribution is 0.487. The normalized spacial score (nSPS) is 14.8. The molecule has 7 aromatic rings. The van der Waals surface area contributed by atoms with Crippen LogP contribution in [-0.4, -0.2) is 8.07 Å². The summed E-state index contributed by atoms with van der Waals surface area (Å²) < 4.78 is 6.90. The molecule has 4 heteroatoms. The van der Waals surface area contributed by atoms with Crippen LogP contribution in [0.15, 0.2) is 121 Å². The van der Waals surface area contributed by atoms with Crippen LogP contribution < -0.4 is 30.1 Å². The van der Waals surface area contributed by atoms with Crippen LogP contribution in [0.3, 0.4) is 0 Å². The molecule has 3 nitrogen and oxygen atoms in total. The average molecular weight is 609 g/mol. The van der Waals surface area contributed by atoms with E-state index >= 15 is 0 Å². The number of nitrogens with zero attached hydrogens (tertiary/aromatic N) is 2. The van der Waals surface area contributed by atoms with E-state index in [1.54, 1.807) is 0 Å². The summed E-state index contributed by atoms with van der Waals surface area (Å²) in [7, 11) is -2.54.